The Morgan fingerprint density at radius 1 is 0.900 bits per heavy atom. The van der Waals surface area contributed by atoms with Crippen LogP contribution in [0.3, 0.4) is 0 Å². The molecule has 1 heteroatoms. The molecule has 0 rings (SSSR count). The van der Waals surface area contributed by atoms with E-state index in [9.17, 15) is 0 Å². The summed E-state index contributed by atoms with van der Waals surface area (Å²) in [6, 6.07) is 0. The van der Waals surface area contributed by atoms with Crippen molar-refractivity contribution in [1.29, 1.82) is 0 Å². The second-order valence-electron chi connectivity index (χ2n) is 3.56. The third-order valence-corrected chi connectivity index (χ3v) is 2.18. The SMILES string of the molecule is CCC(C(C)C)C(C)C.N. The highest BCUT2D eigenvalue weighted by Crippen LogP contribution is 2.22. The van der Waals surface area contributed by atoms with Gasteiger partial charge >= 0.3 is 0 Å². The van der Waals surface area contributed by atoms with Gasteiger partial charge in [0.25, 0.3) is 0 Å². The van der Waals surface area contributed by atoms with Gasteiger partial charge in [-0.05, 0) is 17.8 Å². The van der Waals surface area contributed by atoms with Crippen LogP contribution in [-0.4, -0.2) is 0 Å². The van der Waals surface area contributed by atoms with Gasteiger partial charge < -0.3 is 6.15 Å². The van der Waals surface area contributed by atoms with Crippen molar-refractivity contribution in [3.05, 3.63) is 0 Å². The molecule has 0 unspecified atom stereocenters. The Labute approximate surface area is 65.8 Å². The van der Waals surface area contributed by atoms with Gasteiger partial charge in [0.1, 0.15) is 0 Å². The molecule has 0 amide bonds. The maximum atomic E-state index is 2.31. The summed E-state index contributed by atoms with van der Waals surface area (Å²) < 4.78 is 0. The maximum absolute atomic E-state index is 2.31. The van der Waals surface area contributed by atoms with Crippen molar-refractivity contribution < 1.29 is 0 Å². The van der Waals surface area contributed by atoms with Crippen LogP contribution < -0.4 is 6.15 Å². The van der Waals surface area contributed by atoms with Crippen LogP contribution in [0.4, 0.5) is 0 Å². The topological polar surface area (TPSA) is 35.0 Å². The molecule has 0 heterocycles. The Hall–Kier alpha value is -0.0400. The largest absolute Gasteiger partial charge is 0.344 e. The Morgan fingerprint density at radius 2 is 1.20 bits per heavy atom. The Morgan fingerprint density at radius 3 is 1.20 bits per heavy atom. The summed E-state index contributed by atoms with van der Waals surface area (Å²) in [6.07, 6.45) is 1.33. The molecule has 0 aromatic carbocycles. The van der Waals surface area contributed by atoms with Gasteiger partial charge in [0.05, 0.1) is 0 Å². The molecule has 0 fully saturated rings. The van der Waals surface area contributed by atoms with Gasteiger partial charge in [-0.15, -0.1) is 0 Å². The van der Waals surface area contributed by atoms with Crippen molar-refractivity contribution in [2.24, 2.45) is 17.8 Å². The number of hydrogen-bond donors (Lipinski definition) is 1. The first kappa shape index (κ1) is 12.6. The van der Waals surface area contributed by atoms with Gasteiger partial charge in [0, 0.05) is 0 Å². The van der Waals surface area contributed by atoms with Crippen LogP contribution in [0.25, 0.3) is 0 Å². The van der Waals surface area contributed by atoms with E-state index in [1.807, 2.05) is 0 Å². The fourth-order valence-corrected chi connectivity index (χ4v) is 1.71. The number of rotatable bonds is 3. The normalized spacial score (nSPS) is 10.8. The van der Waals surface area contributed by atoms with Crippen molar-refractivity contribution in [3.8, 4) is 0 Å². The summed E-state index contributed by atoms with van der Waals surface area (Å²) in [6.45, 7) is 11.5. The van der Waals surface area contributed by atoms with E-state index in [0.717, 1.165) is 17.8 Å². The molecule has 0 spiro atoms. The minimum Gasteiger partial charge on any atom is -0.344 e. The van der Waals surface area contributed by atoms with E-state index < -0.39 is 0 Å². The molecule has 0 bridgehead atoms. The lowest BCUT2D eigenvalue weighted by molar-refractivity contribution is 0.279. The summed E-state index contributed by atoms with van der Waals surface area (Å²) >= 11 is 0. The van der Waals surface area contributed by atoms with E-state index in [1.165, 1.54) is 6.42 Å². The quantitative estimate of drug-likeness (QED) is 0.648. The molecule has 1 nitrogen and oxygen atoms in total. The van der Waals surface area contributed by atoms with Crippen LogP contribution in [0, 0.1) is 17.8 Å². The summed E-state index contributed by atoms with van der Waals surface area (Å²) in [7, 11) is 0. The molecule has 0 atom stereocenters. The predicted molar refractivity (Wildman–Crippen MR) is 48.5 cm³/mol. The van der Waals surface area contributed by atoms with E-state index in [0.29, 0.717) is 0 Å². The average Bonchev–Trinajstić information content (AvgIpc) is 1.64. The molecule has 0 aromatic heterocycles. The van der Waals surface area contributed by atoms with Crippen LogP contribution in [0.15, 0.2) is 0 Å². The van der Waals surface area contributed by atoms with E-state index in [-0.39, 0.29) is 6.15 Å². The van der Waals surface area contributed by atoms with Crippen LogP contribution in [0.1, 0.15) is 41.0 Å². The van der Waals surface area contributed by atoms with Crippen molar-refractivity contribution in [3.63, 3.8) is 0 Å². The van der Waals surface area contributed by atoms with Gasteiger partial charge in [-0.2, -0.15) is 0 Å². The van der Waals surface area contributed by atoms with E-state index >= 15 is 0 Å². The molecule has 0 aromatic rings. The highest BCUT2D eigenvalue weighted by molar-refractivity contribution is 4.63. The second kappa shape index (κ2) is 5.72. The summed E-state index contributed by atoms with van der Waals surface area (Å²) in [5.74, 6) is 2.63. The van der Waals surface area contributed by atoms with Gasteiger partial charge in [-0.3, -0.25) is 0 Å². The highest BCUT2D eigenvalue weighted by atomic mass is 14.2. The minimum absolute atomic E-state index is 0. The molecule has 0 aliphatic carbocycles. The fraction of sp³-hybridized carbons (Fsp3) is 1.00. The summed E-state index contributed by atoms with van der Waals surface area (Å²) in [5, 5.41) is 0. The average molecular weight is 145 g/mol. The molecule has 10 heavy (non-hydrogen) atoms. The van der Waals surface area contributed by atoms with Crippen molar-refractivity contribution in [2.75, 3.05) is 0 Å². The fourth-order valence-electron chi connectivity index (χ4n) is 1.71. The van der Waals surface area contributed by atoms with E-state index in [2.05, 4.69) is 34.6 Å². The first-order valence-electron chi connectivity index (χ1n) is 4.09. The molecule has 0 saturated heterocycles. The molecule has 0 aliphatic rings. The molecule has 0 aliphatic heterocycles. The standard InChI is InChI=1S/C9H20.H3N/c1-6-9(7(2)3)8(4)5;/h7-9H,6H2,1-5H3;1H3. The van der Waals surface area contributed by atoms with Crippen LogP contribution in [-0.2, 0) is 0 Å². The number of hydrogen-bond acceptors (Lipinski definition) is 1. The van der Waals surface area contributed by atoms with Crippen LogP contribution in [0.5, 0.6) is 0 Å². The van der Waals surface area contributed by atoms with Gasteiger partial charge in [0.15, 0.2) is 0 Å². The molecule has 0 saturated carbocycles. The molecule has 3 N–H and O–H groups in total. The second-order valence-corrected chi connectivity index (χ2v) is 3.56. The van der Waals surface area contributed by atoms with Gasteiger partial charge in [-0.25, -0.2) is 0 Å². The molecular formula is C9H23N. The van der Waals surface area contributed by atoms with Crippen molar-refractivity contribution in [2.45, 2.75) is 41.0 Å². The third-order valence-electron chi connectivity index (χ3n) is 2.18. The lowest BCUT2D eigenvalue weighted by atomic mass is 9.84. The first-order valence-corrected chi connectivity index (χ1v) is 4.09. The van der Waals surface area contributed by atoms with Gasteiger partial charge in [0.2, 0.25) is 0 Å². The Balaban J connectivity index is 0. The van der Waals surface area contributed by atoms with Crippen molar-refractivity contribution in [1.82, 2.24) is 6.15 Å². The minimum atomic E-state index is 0. The lowest BCUT2D eigenvalue weighted by Crippen LogP contribution is -2.13. The van der Waals surface area contributed by atoms with Crippen LogP contribution in [0.2, 0.25) is 0 Å². The first-order chi connectivity index (χ1) is 4.09. The molecular weight excluding hydrogens is 122 g/mol. The van der Waals surface area contributed by atoms with Crippen LogP contribution >= 0.6 is 0 Å². The zero-order chi connectivity index (χ0) is 7.44. The summed E-state index contributed by atoms with van der Waals surface area (Å²) in [4.78, 5) is 0. The molecule has 64 valence electrons. The van der Waals surface area contributed by atoms with E-state index in [1.54, 1.807) is 0 Å². The Kier molecular flexibility index (Phi) is 7.22. The van der Waals surface area contributed by atoms with Crippen molar-refractivity contribution >= 4 is 0 Å². The predicted octanol–water partition coefficient (Wildman–Crippen LogP) is 3.49. The molecule has 0 radical (unpaired) electrons. The zero-order valence-electron chi connectivity index (χ0n) is 8.15. The van der Waals surface area contributed by atoms with Gasteiger partial charge in [-0.1, -0.05) is 41.0 Å². The zero-order valence-corrected chi connectivity index (χ0v) is 8.15. The monoisotopic (exact) mass is 145 g/mol. The lowest BCUT2D eigenvalue weighted by Gasteiger charge is -2.22. The highest BCUT2D eigenvalue weighted by Gasteiger charge is 2.13. The third kappa shape index (κ3) is 3.89. The van der Waals surface area contributed by atoms with E-state index in [4.69, 9.17) is 0 Å². The summed E-state index contributed by atoms with van der Waals surface area (Å²) in [5.41, 5.74) is 0. The maximum Gasteiger partial charge on any atom is -0.0371 e. The smallest absolute Gasteiger partial charge is 0.0371 e. The Bertz CT molecular complexity index is 59.1.